The number of fused-ring (bicyclic) bond motifs is 1. The van der Waals surface area contributed by atoms with Crippen molar-refractivity contribution in [2.75, 3.05) is 38.6 Å². The number of aromatic nitrogens is 2. The molecule has 0 amide bonds. The zero-order chi connectivity index (χ0) is 16.9. The third-order valence-electron chi connectivity index (χ3n) is 4.55. The van der Waals surface area contributed by atoms with Gasteiger partial charge in [0.2, 0.25) is 0 Å². The summed E-state index contributed by atoms with van der Waals surface area (Å²) < 4.78 is 7.77. The van der Waals surface area contributed by atoms with Crippen molar-refractivity contribution in [1.82, 2.24) is 14.5 Å². The molecule has 2 heterocycles. The van der Waals surface area contributed by atoms with E-state index < -0.39 is 0 Å². The number of morpholine rings is 1. The molecule has 2 aromatic carbocycles. The second-order valence-electron chi connectivity index (χ2n) is 6.26. The summed E-state index contributed by atoms with van der Waals surface area (Å²) in [6, 6.07) is 19.0. The Bertz CT molecular complexity index is 818. The monoisotopic (exact) mass is 433 g/mol. The number of thioether (sulfide) groups is 1. The smallest absolute Gasteiger partial charge is 0.169 e. The lowest BCUT2D eigenvalue weighted by Gasteiger charge is -2.26. The third kappa shape index (κ3) is 4.68. The van der Waals surface area contributed by atoms with E-state index in [-0.39, 0.29) is 17.0 Å². The molecule has 0 saturated carbocycles. The minimum Gasteiger partial charge on any atom is -0.379 e. The quantitative estimate of drug-likeness (QED) is 0.547. The van der Waals surface area contributed by atoms with Crippen molar-refractivity contribution in [2.24, 2.45) is 0 Å². The van der Waals surface area contributed by atoms with E-state index in [1.165, 1.54) is 11.1 Å². The third-order valence-corrected chi connectivity index (χ3v) is 5.50. The van der Waals surface area contributed by atoms with Gasteiger partial charge < -0.3 is 9.30 Å². The van der Waals surface area contributed by atoms with Gasteiger partial charge in [0.05, 0.1) is 30.8 Å². The Kier molecular flexibility index (Phi) is 7.14. The van der Waals surface area contributed by atoms with Crippen LogP contribution in [0.5, 0.6) is 0 Å². The minimum absolute atomic E-state index is 0. The summed E-state index contributed by atoms with van der Waals surface area (Å²) in [4.78, 5) is 7.35. The predicted octanol–water partition coefficient (Wildman–Crippen LogP) is 4.09. The van der Waals surface area contributed by atoms with Gasteiger partial charge in [0.1, 0.15) is 0 Å². The van der Waals surface area contributed by atoms with E-state index in [0.29, 0.717) is 0 Å². The number of rotatable bonds is 6. The molecule has 0 atom stereocenters. The van der Waals surface area contributed by atoms with E-state index in [2.05, 4.69) is 64.1 Å². The number of imidazole rings is 1. The number of ether oxygens (including phenoxy) is 1. The van der Waals surface area contributed by atoms with Crippen LogP contribution in [0.2, 0.25) is 0 Å². The Morgan fingerprint density at radius 2 is 1.69 bits per heavy atom. The Balaban J connectivity index is 0.00000196. The van der Waals surface area contributed by atoms with Crippen LogP contribution < -0.4 is 0 Å². The molecule has 1 aliphatic rings. The average molecular weight is 434 g/mol. The number of halogens is 1. The topological polar surface area (TPSA) is 30.3 Å². The molecular formula is C20H24BrN3OS. The van der Waals surface area contributed by atoms with Gasteiger partial charge in [0.25, 0.3) is 0 Å². The molecule has 0 bridgehead atoms. The van der Waals surface area contributed by atoms with Gasteiger partial charge in [-0.2, -0.15) is 0 Å². The Morgan fingerprint density at radius 3 is 2.50 bits per heavy atom. The molecule has 1 saturated heterocycles. The molecule has 0 radical (unpaired) electrons. The maximum atomic E-state index is 5.42. The van der Waals surface area contributed by atoms with E-state index in [0.717, 1.165) is 55.8 Å². The largest absolute Gasteiger partial charge is 0.379 e. The first-order chi connectivity index (χ1) is 12.4. The van der Waals surface area contributed by atoms with E-state index in [1.54, 1.807) is 0 Å². The zero-order valence-corrected chi connectivity index (χ0v) is 17.2. The molecule has 4 rings (SSSR count). The normalized spacial score (nSPS) is 15.1. The van der Waals surface area contributed by atoms with Gasteiger partial charge in [-0.05, 0) is 17.7 Å². The van der Waals surface area contributed by atoms with Gasteiger partial charge >= 0.3 is 0 Å². The minimum atomic E-state index is 0. The Labute approximate surface area is 169 Å². The molecule has 1 aliphatic heterocycles. The molecule has 4 nitrogen and oxygen atoms in total. The average Bonchev–Trinajstić information content (AvgIpc) is 3.01. The van der Waals surface area contributed by atoms with Gasteiger partial charge in [0.15, 0.2) is 5.16 Å². The first kappa shape index (κ1) is 19.4. The number of nitrogens with zero attached hydrogens (tertiary/aromatic N) is 3. The molecule has 0 aliphatic carbocycles. The molecule has 138 valence electrons. The molecule has 0 N–H and O–H groups in total. The van der Waals surface area contributed by atoms with Crippen LogP contribution in [0.25, 0.3) is 11.0 Å². The first-order valence-corrected chi connectivity index (χ1v) is 9.81. The van der Waals surface area contributed by atoms with Crippen LogP contribution in [0.15, 0.2) is 59.8 Å². The van der Waals surface area contributed by atoms with Crippen LogP contribution in [-0.2, 0) is 11.3 Å². The van der Waals surface area contributed by atoms with Crippen LogP contribution in [0.4, 0.5) is 0 Å². The van der Waals surface area contributed by atoms with Gasteiger partial charge in [0, 0.05) is 25.4 Å². The van der Waals surface area contributed by atoms with Crippen molar-refractivity contribution in [2.45, 2.75) is 11.7 Å². The number of para-hydroxylation sites is 2. The number of benzene rings is 2. The van der Waals surface area contributed by atoms with Crippen molar-refractivity contribution in [3.8, 4) is 0 Å². The SMILES string of the molecule is Br.c1ccc(Cn2c(SCCN3CCOCC3)nc3ccccc32)cc1. The highest BCUT2D eigenvalue weighted by molar-refractivity contribution is 8.93. The van der Waals surface area contributed by atoms with Crippen molar-refractivity contribution in [1.29, 1.82) is 0 Å². The maximum Gasteiger partial charge on any atom is 0.169 e. The van der Waals surface area contributed by atoms with E-state index >= 15 is 0 Å². The van der Waals surface area contributed by atoms with Crippen molar-refractivity contribution < 1.29 is 4.74 Å². The van der Waals surface area contributed by atoms with E-state index in [1.807, 2.05) is 11.8 Å². The van der Waals surface area contributed by atoms with Crippen molar-refractivity contribution in [3.63, 3.8) is 0 Å². The fourth-order valence-electron chi connectivity index (χ4n) is 3.17. The highest BCUT2D eigenvalue weighted by Gasteiger charge is 2.13. The summed E-state index contributed by atoms with van der Waals surface area (Å²) in [6.45, 7) is 5.75. The van der Waals surface area contributed by atoms with Gasteiger partial charge in [-0.1, -0.05) is 54.2 Å². The van der Waals surface area contributed by atoms with E-state index in [9.17, 15) is 0 Å². The predicted molar refractivity (Wildman–Crippen MR) is 114 cm³/mol. The summed E-state index contributed by atoms with van der Waals surface area (Å²) in [5.41, 5.74) is 3.59. The lowest BCUT2D eigenvalue weighted by molar-refractivity contribution is 0.0410. The summed E-state index contributed by atoms with van der Waals surface area (Å²) >= 11 is 1.86. The summed E-state index contributed by atoms with van der Waals surface area (Å²) in [5.74, 6) is 1.05. The zero-order valence-electron chi connectivity index (χ0n) is 14.7. The second kappa shape index (κ2) is 9.55. The molecule has 0 unspecified atom stereocenters. The van der Waals surface area contributed by atoms with Gasteiger partial charge in [-0.3, -0.25) is 4.90 Å². The molecule has 6 heteroatoms. The maximum absolute atomic E-state index is 5.42. The molecule has 26 heavy (non-hydrogen) atoms. The van der Waals surface area contributed by atoms with Crippen LogP contribution in [0.1, 0.15) is 5.56 Å². The standard InChI is InChI=1S/C20H23N3OS.BrH/c1-2-6-17(7-3-1)16-23-19-9-5-4-8-18(19)21-20(23)25-15-12-22-10-13-24-14-11-22;/h1-9H,10-16H2;1H. The van der Waals surface area contributed by atoms with Crippen molar-refractivity contribution in [3.05, 3.63) is 60.2 Å². The summed E-state index contributed by atoms with van der Waals surface area (Å²) in [6.07, 6.45) is 0. The number of hydrogen-bond donors (Lipinski definition) is 0. The van der Waals surface area contributed by atoms with Crippen LogP contribution in [0, 0.1) is 0 Å². The summed E-state index contributed by atoms with van der Waals surface area (Å²) in [5, 5.41) is 1.11. The highest BCUT2D eigenvalue weighted by atomic mass is 79.9. The molecule has 1 aromatic heterocycles. The lowest BCUT2D eigenvalue weighted by Crippen LogP contribution is -2.37. The molecule has 3 aromatic rings. The lowest BCUT2D eigenvalue weighted by atomic mass is 10.2. The number of hydrogen-bond acceptors (Lipinski definition) is 4. The fraction of sp³-hybridized carbons (Fsp3) is 0.350. The molecule has 0 spiro atoms. The highest BCUT2D eigenvalue weighted by Crippen LogP contribution is 2.25. The van der Waals surface area contributed by atoms with Gasteiger partial charge in [-0.25, -0.2) is 4.98 Å². The fourth-order valence-corrected chi connectivity index (χ4v) is 4.19. The molecular weight excluding hydrogens is 410 g/mol. The Hall–Kier alpha value is -1.34. The van der Waals surface area contributed by atoms with Crippen molar-refractivity contribution >= 4 is 39.8 Å². The van der Waals surface area contributed by atoms with Crippen LogP contribution >= 0.6 is 28.7 Å². The Morgan fingerprint density at radius 1 is 0.962 bits per heavy atom. The van der Waals surface area contributed by atoms with Gasteiger partial charge in [-0.15, -0.1) is 17.0 Å². The second-order valence-corrected chi connectivity index (χ2v) is 7.32. The first-order valence-electron chi connectivity index (χ1n) is 8.82. The molecule has 1 fully saturated rings. The summed E-state index contributed by atoms with van der Waals surface area (Å²) in [7, 11) is 0. The van der Waals surface area contributed by atoms with Crippen LogP contribution in [-0.4, -0.2) is 53.1 Å². The van der Waals surface area contributed by atoms with Crippen LogP contribution in [0.3, 0.4) is 0 Å². The van der Waals surface area contributed by atoms with E-state index in [4.69, 9.17) is 9.72 Å².